The molecule has 1 amide bonds. The number of morpholine rings is 1. The Morgan fingerprint density at radius 1 is 1.25 bits per heavy atom. The van der Waals surface area contributed by atoms with Crippen molar-refractivity contribution in [1.29, 1.82) is 0 Å². The fourth-order valence-corrected chi connectivity index (χ4v) is 5.43. The smallest absolute Gasteiger partial charge is 0.224 e. The van der Waals surface area contributed by atoms with E-state index in [2.05, 4.69) is 33.7 Å². The summed E-state index contributed by atoms with van der Waals surface area (Å²) in [5, 5.41) is 4.64. The van der Waals surface area contributed by atoms with Crippen molar-refractivity contribution in [3.63, 3.8) is 0 Å². The molecule has 7 nitrogen and oxygen atoms in total. The van der Waals surface area contributed by atoms with E-state index in [0.717, 1.165) is 50.2 Å². The molecule has 5 rings (SSSR count). The standard InChI is InChI=1S/C21H29N5O2/c1-13-8-20-22-10-17-18-5-4-16(9-19(17)26(20)23-13)25(18)21(27)6-7-24-11-14(2)28-15(3)12-24/h8,10,14-16,18H,4-7,9,11-12H2,1-3H3/t14-,15+,16-,18+/m0/s1. The number of carbonyl (C=O) groups is 1. The van der Waals surface area contributed by atoms with Crippen LogP contribution in [0.2, 0.25) is 0 Å². The van der Waals surface area contributed by atoms with Gasteiger partial charge in [-0.2, -0.15) is 5.10 Å². The largest absolute Gasteiger partial charge is 0.373 e. The van der Waals surface area contributed by atoms with Crippen LogP contribution in [0.3, 0.4) is 0 Å². The van der Waals surface area contributed by atoms with Crippen molar-refractivity contribution < 1.29 is 9.53 Å². The van der Waals surface area contributed by atoms with Crippen LogP contribution in [0.15, 0.2) is 12.3 Å². The molecule has 0 radical (unpaired) electrons. The molecule has 7 heteroatoms. The molecule has 0 saturated carbocycles. The minimum absolute atomic E-state index is 0.158. The molecule has 28 heavy (non-hydrogen) atoms. The number of carbonyl (C=O) groups excluding carboxylic acids is 1. The van der Waals surface area contributed by atoms with E-state index in [-0.39, 0.29) is 24.2 Å². The molecule has 2 aromatic rings. The second-order valence-corrected chi connectivity index (χ2v) is 8.73. The summed E-state index contributed by atoms with van der Waals surface area (Å²) >= 11 is 0. The first kappa shape index (κ1) is 18.1. The van der Waals surface area contributed by atoms with E-state index in [9.17, 15) is 4.79 Å². The van der Waals surface area contributed by atoms with Crippen molar-refractivity contribution in [1.82, 2.24) is 24.4 Å². The zero-order chi connectivity index (χ0) is 19.4. The van der Waals surface area contributed by atoms with Gasteiger partial charge in [0.2, 0.25) is 5.91 Å². The Hall–Kier alpha value is -1.99. The van der Waals surface area contributed by atoms with Crippen molar-refractivity contribution in [2.24, 2.45) is 0 Å². The highest BCUT2D eigenvalue weighted by molar-refractivity contribution is 5.78. The third kappa shape index (κ3) is 3.01. The van der Waals surface area contributed by atoms with Gasteiger partial charge in [-0.1, -0.05) is 0 Å². The summed E-state index contributed by atoms with van der Waals surface area (Å²) in [6, 6.07) is 2.47. The summed E-state index contributed by atoms with van der Waals surface area (Å²) in [7, 11) is 0. The minimum atomic E-state index is 0.158. The Balaban J connectivity index is 1.33. The molecule has 4 atom stereocenters. The molecule has 5 heterocycles. The van der Waals surface area contributed by atoms with Gasteiger partial charge >= 0.3 is 0 Å². The lowest BCUT2D eigenvalue weighted by molar-refractivity contribution is -0.136. The van der Waals surface area contributed by atoms with Gasteiger partial charge in [-0.15, -0.1) is 0 Å². The summed E-state index contributed by atoms with van der Waals surface area (Å²) in [5.41, 5.74) is 4.32. The van der Waals surface area contributed by atoms with Gasteiger partial charge in [-0.3, -0.25) is 9.69 Å². The summed E-state index contributed by atoms with van der Waals surface area (Å²) in [4.78, 5) is 22.3. The van der Waals surface area contributed by atoms with Gasteiger partial charge in [0.25, 0.3) is 0 Å². The van der Waals surface area contributed by atoms with Crippen molar-refractivity contribution in [2.45, 2.75) is 70.7 Å². The maximum absolute atomic E-state index is 13.2. The van der Waals surface area contributed by atoms with Crippen LogP contribution in [0.5, 0.6) is 0 Å². The fourth-order valence-electron chi connectivity index (χ4n) is 5.43. The van der Waals surface area contributed by atoms with E-state index in [1.807, 2.05) is 23.7 Å². The molecule has 0 spiro atoms. The quantitative estimate of drug-likeness (QED) is 0.813. The highest BCUT2D eigenvalue weighted by Crippen LogP contribution is 2.43. The Bertz CT molecular complexity index is 900. The number of aryl methyl sites for hydroxylation is 1. The van der Waals surface area contributed by atoms with Crippen molar-refractivity contribution >= 4 is 11.6 Å². The number of rotatable bonds is 3. The normalized spacial score (nSPS) is 30.0. The number of fused-ring (bicyclic) bond motifs is 6. The molecule has 0 aliphatic carbocycles. The third-order valence-electron chi connectivity index (χ3n) is 6.45. The number of amides is 1. The van der Waals surface area contributed by atoms with Gasteiger partial charge in [0.1, 0.15) is 0 Å². The average Bonchev–Trinajstić information content (AvgIpc) is 3.18. The number of hydrogen-bond donors (Lipinski definition) is 0. The summed E-state index contributed by atoms with van der Waals surface area (Å²) in [6.07, 6.45) is 6.01. The minimum Gasteiger partial charge on any atom is -0.373 e. The molecular formula is C21H29N5O2. The van der Waals surface area contributed by atoms with Gasteiger partial charge < -0.3 is 9.64 Å². The van der Waals surface area contributed by atoms with Crippen LogP contribution < -0.4 is 0 Å². The van der Waals surface area contributed by atoms with Crippen LogP contribution >= 0.6 is 0 Å². The molecule has 2 aromatic heterocycles. The highest BCUT2D eigenvalue weighted by atomic mass is 16.5. The lowest BCUT2D eigenvalue weighted by Gasteiger charge is -2.38. The van der Waals surface area contributed by atoms with Crippen LogP contribution in [-0.2, 0) is 16.0 Å². The van der Waals surface area contributed by atoms with E-state index < -0.39 is 0 Å². The molecule has 150 valence electrons. The number of nitrogens with zero attached hydrogens (tertiary/aromatic N) is 5. The fraction of sp³-hybridized carbons (Fsp3) is 0.667. The van der Waals surface area contributed by atoms with Crippen molar-refractivity contribution in [2.75, 3.05) is 19.6 Å². The van der Waals surface area contributed by atoms with Gasteiger partial charge in [0.05, 0.1) is 29.6 Å². The van der Waals surface area contributed by atoms with E-state index in [4.69, 9.17) is 4.74 Å². The van der Waals surface area contributed by atoms with Gasteiger partial charge in [-0.05, 0) is 33.6 Å². The van der Waals surface area contributed by atoms with Gasteiger partial charge in [0, 0.05) is 56.3 Å². The first-order chi connectivity index (χ1) is 13.5. The van der Waals surface area contributed by atoms with Gasteiger partial charge in [-0.25, -0.2) is 9.50 Å². The summed E-state index contributed by atoms with van der Waals surface area (Å²) in [6.45, 7) is 8.85. The average molecular weight is 383 g/mol. The van der Waals surface area contributed by atoms with Crippen molar-refractivity contribution in [3.05, 3.63) is 29.2 Å². The Labute approximate surface area is 165 Å². The molecular weight excluding hydrogens is 354 g/mol. The Morgan fingerprint density at radius 2 is 2.04 bits per heavy atom. The molecule has 0 N–H and O–H groups in total. The maximum atomic E-state index is 13.2. The SMILES string of the molecule is Cc1cc2ncc3c(n2n1)C[C@@H]1CC[C@H]3N1C(=O)CCN1C[C@@H](C)O[C@@H](C)C1. The highest BCUT2D eigenvalue weighted by Gasteiger charge is 2.43. The van der Waals surface area contributed by atoms with Crippen molar-refractivity contribution in [3.8, 4) is 0 Å². The molecule has 2 saturated heterocycles. The molecule has 0 aromatic carbocycles. The van der Waals surface area contributed by atoms with E-state index in [1.54, 1.807) is 0 Å². The predicted octanol–water partition coefficient (Wildman–Crippen LogP) is 2.13. The zero-order valence-electron chi connectivity index (χ0n) is 17.0. The molecule has 2 bridgehead atoms. The zero-order valence-corrected chi connectivity index (χ0v) is 17.0. The molecule has 2 fully saturated rings. The number of ether oxygens (including phenoxy) is 1. The molecule has 3 aliphatic rings. The summed E-state index contributed by atoms with van der Waals surface area (Å²) < 4.78 is 7.80. The summed E-state index contributed by atoms with van der Waals surface area (Å²) in [5.74, 6) is 0.279. The Kier molecular flexibility index (Phi) is 4.39. The monoisotopic (exact) mass is 383 g/mol. The van der Waals surface area contributed by atoms with Crippen LogP contribution in [-0.4, -0.2) is 68.2 Å². The number of aromatic nitrogens is 3. The van der Waals surface area contributed by atoms with E-state index in [1.165, 1.54) is 11.3 Å². The second kappa shape index (κ2) is 6.81. The van der Waals surface area contributed by atoms with Crippen LogP contribution in [0.1, 0.15) is 56.1 Å². The lowest BCUT2D eigenvalue weighted by atomic mass is 9.98. The van der Waals surface area contributed by atoms with Crippen LogP contribution in [0, 0.1) is 6.92 Å². The first-order valence-electron chi connectivity index (χ1n) is 10.5. The van der Waals surface area contributed by atoms with E-state index in [0.29, 0.717) is 12.5 Å². The lowest BCUT2D eigenvalue weighted by Crippen LogP contribution is -2.48. The van der Waals surface area contributed by atoms with Crippen LogP contribution in [0.4, 0.5) is 0 Å². The van der Waals surface area contributed by atoms with E-state index >= 15 is 0 Å². The maximum Gasteiger partial charge on any atom is 0.224 e. The predicted molar refractivity (Wildman–Crippen MR) is 105 cm³/mol. The molecule has 3 aliphatic heterocycles. The topological polar surface area (TPSA) is 63.0 Å². The molecule has 0 unspecified atom stereocenters. The second-order valence-electron chi connectivity index (χ2n) is 8.73. The van der Waals surface area contributed by atoms with Crippen LogP contribution in [0.25, 0.3) is 5.65 Å². The third-order valence-corrected chi connectivity index (χ3v) is 6.45. The Morgan fingerprint density at radius 3 is 2.82 bits per heavy atom. The number of hydrogen-bond acceptors (Lipinski definition) is 5. The first-order valence-corrected chi connectivity index (χ1v) is 10.5. The van der Waals surface area contributed by atoms with Gasteiger partial charge in [0.15, 0.2) is 5.65 Å².